The zero-order valence-corrected chi connectivity index (χ0v) is 13.0. The molecule has 1 atom stereocenters. The lowest BCUT2D eigenvalue weighted by molar-refractivity contribution is 0.619. The number of anilines is 1. The predicted octanol–water partition coefficient (Wildman–Crippen LogP) is 5.72. The molecule has 1 unspecified atom stereocenters. The van der Waals surface area contributed by atoms with Crippen molar-refractivity contribution in [2.75, 3.05) is 5.32 Å². The fraction of sp³-hybridized carbons (Fsp3) is 0.200. The van der Waals surface area contributed by atoms with E-state index in [2.05, 4.69) is 21.2 Å². The molecule has 0 saturated carbocycles. The highest BCUT2D eigenvalue weighted by Gasteiger charge is 2.11. The highest BCUT2D eigenvalue weighted by atomic mass is 79.9. The van der Waals surface area contributed by atoms with Gasteiger partial charge in [-0.1, -0.05) is 29.8 Å². The Labute approximate surface area is 125 Å². The van der Waals surface area contributed by atoms with E-state index in [0.29, 0.717) is 9.50 Å². The van der Waals surface area contributed by atoms with E-state index in [4.69, 9.17) is 11.6 Å². The van der Waals surface area contributed by atoms with Crippen molar-refractivity contribution in [3.05, 3.63) is 62.8 Å². The number of aryl methyl sites for hydroxylation is 1. The van der Waals surface area contributed by atoms with Gasteiger partial charge in [-0.05, 0) is 59.1 Å². The van der Waals surface area contributed by atoms with E-state index in [9.17, 15) is 4.39 Å². The maximum Gasteiger partial charge on any atom is 0.137 e. The van der Waals surface area contributed by atoms with Gasteiger partial charge in [0, 0.05) is 6.04 Å². The van der Waals surface area contributed by atoms with Crippen LogP contribution in [-0.2, 0) is 0 Å². The quantitative estimate of drug-likeness (QED) is 0.752. The monoisotopic (exact) mass is 341 g/mol. The molecule has 0 bridgehead atoms. The van der Waals surface area contributed by atoms with Crippen LogP contribution in [0, 0.1) is 12.7 Å². The van der Waals surface area contributed by atoms with Gasteiger partial charge in [-0.2, -0.15) is 0 Å². The Morgan fingerprint density at radius 3 is 2.63 bits per heavy atom. The molecule has 0 heterocycles. The number of benzene rings is 2. The van der Waals surface area contributed by atoms with Crippen molar-refractivity contribution in [3.8, 4) is 0 Å². The third kappa shape index (κ3) is 3.28. The first kappa shape index (κ1) is 14.4. The van der Waals surface area contributed by atoms with Gasteiger partial charge in [-0.25, -0.2) is 4.39 Å². The number of rotatable bonds is 3. The first-order valence-corrected chi connectivity index (χ1v) is 7.12. The van der Waals surface area contributed by atoms with Crippen LogP contribution < -0.4 is 5.32 Å². The Morgan fingerprint density at radius 1 is 1.26 bits per heavy atom. The molecule has 4 heteroatoms. The van der Waals surface area contributed by atoms with Crippen molar-refractivity contribution in [2.45, 2.75) is 19.9 Å². The van der Waals surface area contributed by atoms with Gasteiger partial charge in [0.05, 0.1) is 15.2 Å². The van der Waals surface area contributed by atoms with Gasteiger partial charge in [0.2, 0.25) is 0 Å². The first-order chi connectivity index (χ1) is 8.99. The molecule has 100 valence electrons. The summed E-state index contributed by atoms with van der Waals surface area (Å²) in [6.07, 6.45) is 0. The number of para-hydroxylation sites is 1. The SMILES string of the molecule is Cc1cccc(Cl)c1NC(C)c1ccc(F)c(Br)c1. The van der Waals surface area contributed by atoms with Crippen molar-refractivity contribution in [1.82, 2.24) is 0 Å². The molecule has 19 heavy (non-hydrogen) atoms. The Bertz CT molecular complexity index is 580. The van der Waals surface area contributed by atoms with Crippen molar-refractivity contribution < 1.29 is 4.39 Å². The van der Waals surface area contributed by atoms with Gasteiger partial charge in [-0.3, -0.25) is 0 Å². The maximum atomic E-state index is 13.2. The lowest BCUT2D eigenvalue weighted by Gasteiger charge is -2.19. The van der Waals surface area contributed by atoms with E-state index in [1.165, 1.54) is 6.07 Å². The minimum Gasteiger partial charge on any atom is -0.377 e. The molecule has 0 aliphatic carbocycles. The van der Waals surface area contributed by atoms with Crippen LogP contribution in [0.5, 0.6) is 0 Å². The van der Waals surface area contributed by atoms with Crippen LogP contribution in [0.3, 0.4) is 0 Å². The number of hydrogen-bond acceptors (Lipinski definition) is 1. The third-order valence-electron chi connectivity index (χ3n) is 3.03. The van der Waals surface area contributed by atoms with Crippen LogP contribution in [0.2, 0.25) is 5.02 Å². The smallest absolute Gasteiger partial charge is 0.137 e. The topological polar surface area (TPSA) is 12.0 Å². The van der Waals surface area contributed by atoms with Crippen LogP contribution >= 0.6 is 27.5 Å². The molecule has 2 aromatic rings. The fourth-order valence-corrected chi connectivity index (χ4v) is 2.57. The maximum absolute atomic E-state index is 13.2. The zero-order valence-electron chi connectivity index (χ0n) is 10.7. The molecule has 0 fully saturated rings. The van der Waals surface area contributed by atoms with Gasteiger partial charge in [0.25, 0.3) is 0 Å². The molecule has 0 aliphatic heterocycles. The van der Waals surface area contributed by atoms with E-state index in [1.54, 1.807) is 12.1 Å². The van der Waals surface area contributed by atoms with Crippen molar-refractivity contribution in [1.29, 1.82) is 0 Å². The van der Waals surface area contributed by atoms with E-state index in [1.807, 2.05) is 32.0 Å². The van der Waals surface area contributed by atoms with Crippen LogP contribution in [-0.4, -0.2) is 0 Å². The van der Waals surface area contributed by atoms with Gasteiger partial charge in [-0.15, -0.1) is 0 Å². The minimum atomic E-state index is -0.259. The normalized spacial score (nSPS) is 12.3. The molecular weight excluding hydrogens is 329 g/mol. The summed E-state index contributed by atoms with van der Waals surface area (Å²) in [6.45, 7) is 4.02. The summed E-state index contributed by atoms with van der Waals surface area (Å²) in [4.78, 5) is 0. The second-order valence-electron chi connectivity index (χ2n) is 4.47. The summed E-state index contributed by atoms with van der Waals surface area (Å²) in [5, 5.41) is 4.05. The zero-order chi connectivity index (χ0) is 14.0. The summed E-state index contributed by atoms with van der Waals surface area (Å²) in [6, 6.07) is 10.8. The Hall–Kier alpha value is -1.06. The second-order valence-corrected chi connectivity index (χ2v) is 5.73. The van der Waals surface area contributed by atoms with Gasteiger partial charge in [0.1, 0.15) is 5.82 Å². The van der Waals surface area contributed by atoms with Crippen molar-refractivity contribution in [3.63, 3.8) is 0 Å². The third-order valence-corrected chi connectivity index (χ3v) is 3.95. The number of hydrogen-bond donors (Lipinski definition) is 1. The molecule has 0 spiro atoms. The number of nitrogens with one attached hydrogen (secondary N) is 1. The van der Waals surface area contributed by atoms with Crippen LogP contribution in [0.15, 0.2) is 40.9 Å². The standard InChI is InChI=1S/C15H14BrClFN/c1-9-4-3-5-13(17)15(9)19-10(2)11-6-7-14(18)12(16)8-11/h3-8,10,19H,1-2H3. The summed E-state index contributed by atoms with van der Waals surface area (Å²) >= 11 is 9.39. The number of halogens is 3. The average molecular weight is 343 g/mol. The Morgan fingerprint density at radius 2 is 2.00 bits per heavy atom. The highest BCUT2D eigenvalue weighted by molar-refractivity contribution is 9.10. The molecule has 2 aromatic carbocycles. The average Bonchev–Trinajstić information content (AvgIpc) is 2.37. The molecule has 2 rings (SSSR count). The molecule has 0 aromatic heterocycles. The summed E-state index contributed by atoms with van der Waals surface area (Å²) in [5.41, 5.74) is 2.99. The summed E-state index contributed by atoms with van der Waals surface area (Å²) in [7, 11) is 0. The molecule has 0 radical (unpaired) electrons. The Kier molecular flexibility index (Phi) is 4.48. The van der Waals surface area contributed by atoms with Gasteiger partial charge >= 0.3 is 0 Å². The van der Waals surface area contributed by atoms with Crippen molar-refractivity contribution >= 4 is 33.2 Å². The van der Waals surface area contributed by atoms with Crippen LogP contribution in [0.1, 0.15) is 24.1 Å². The molecular formula is C15H14BrClFN. The van der Waals surface area contributed by atoms with E-state index < -0.39 is 0 Å². The lowest BCUT2D eigenvalue weighted by atomic mass is 10.1. The molecule has 1 N–H and O–H groups in total. The van der Waals surface area contributed by atoms with E-state index in [-0.39, 0.29) is 11.9 Å². The highest BCUT2D eigenvalue weighted by Crippen LogP contribution is 2.30. The lowest BCUT2D eigenvalue weighted by Crippen LogP contribution is -2.08. The largest absolute Gasteiger partial charge is 0.377 e. The second kappa shape index (κ2) is 5.93. The Balaban J connectivity index is 2.25. The van der Waals surface area contributed by atoms with E-state index >= 15 is 0 Å². The predicted molar refractivity (Wildman–Crippen MR) is 82.3 cm³/mol. The summed E-state index contributed by atoms with van der Waals surface area (Å²) < 4.78 is 13.7. The fourth-order valence-electron chi connectivity index (χ4n) is 1.90. The molecule has 0 amide bonds. The van der Waals surface area contributed by atoms with Gasteiger partial charge in [0.15, 0.2) is 0 Å². The van der Waals surface area contributed by atoms with E-state index in [0.717, 1.165) is 16.8 Å². The van der Waals surface area contributed by atoms with Crippen LogP contribution in [0.4, 0.5) is 10.1 Å². The van der Waals surface area contributed by atoms with Gasteiger partial charge < -0.3 is 5.32 Å². The van der Waals surface area contributed by atoms with Crippen LogP contribution in [0.25, 0.3) is 0 Å². The van der Waals surface area contributed by atoms with Crippen molar-refractivity contribution in [2.24, 2.45) is 0 Å². The molecule has 1 nitrogen and oxygen atoms in total. The summed E-state index contributed by atoms with van der Waals surface area (Å²) in [5.74, 6) is -0.259. The minimum absolute atomic E-state index is 0.0375. The molecule has 0 aliphatic rings. The molecule has 0 saturated heterocycles. The first-order valence-electron chi connectivity index (χ1n) is 5.95.